The summed E-state index contributed by atoms with van der Waals surface area (Å²) in [6, 6.07) is 4.96. The lowest BCUT2D eigenvalue weighted by Gasteiger charge is -2.33. The van der Waals surface area contributed by atoms with Crippen LogP contribution in [-0.2, 0) is 12.7 Å². The van der Waals surface area contributed by atoms with Crippen molar-refractivity contribution in [2.45, 2.75) is 19.6 Å². The lowest BCUT2D eigenvalue weighted by molar-refractivity contribution is -0.138. The summed E-state index contributed by atoms with van der Waals surface area (Å²) in [5, 5.41) is 6.13. The number of hydrogen-bond acceptors (Lipinski definition) is 8. The number of piperazine rings is 1. The lowest BCUT2D eigenvalue weighted by atomic mass is 9.93. The van der Waals surface area contributed by atoms with Gasteiger partial charge in [0.25, 0.3) is 5.91 Å². The Balaban J connectivity index is 1.38. The summed E-state index contributed by atoms with van der Waals surface area (Å²) in [6.07, 6.45) is -4.60. The van der Waals surface area contributed by atoms with Gasteiger partial charge in [0.05, 0.1) is 26.6 Å². The number of fused-ring (bicyclic) bond motifs is 2. The molecule has 0 radical (unpaired) electrons. The highest BCUT2D eigenvalue weighted by molar-refractivity contribution is 7.16. The van der Waals surface area contributed by atoms with E-state index in [2.05, 4.69) is 15.4 Å². The SMILES string of the molecule is Cc1noc2c1C(=O)c1sc(C(=O)Nc3ccc(CN4CCN(C)CC4)c(C(F)(F)F)c3)cc1C2=O. The molecule has 1 N–H and O–H groups in total. The van der Waals surface area contributed by atoms with Crippen molar-refractivity contribution >= 4 is 34.5 Å². The molecule has 36 heavy (non-hydrogen) atoms. The Hall–Kier alpha value is -3.35. The van der Waals surface area contributed by atoms with Gasteiger partial charge in [0.15, 0.2) is 0 Å². The number of ketones is 2. The summed E-state index contributed by atoms with van der Waals surface area (Å²) in [5.41, 5.74) is -0.382. The van der Waals surface area contributed by atoms with E-state index in [0.717, 1.165) is 30.5 Å². The predicted molar refractivity (Wildman–Crippen MR) is 125 cm³/mol. The number of benzene rings is 1. The van der Waals surface area contributed by atoms with Gasteiger partial charge in [0.1, 0.15) is 0 Å². The zero-order valence-corrected chi connectivity index (χ0v) is 20.2. The molecule has 1 aliphatic heterocycles. The lowest BCUT2D eigenvalue weighted by Crippen LogP contribution is -2.44. The number of likely N-dealkylation sites (N-methyl/N-ethyl adjacent to an activating group) is 1. The molecule has 8 nitrogen and oxygen atoms in total. The van der Waals surface area contributed by atoms with Gasteiger partial charge in [-0.2, -0.15) is 13.2 Å². The summed E-state index contributed by atoms with van der Waals surface area (Å²) < 4.78 is 46.5. The van der Waals surface area contributed by atoms with Gasteiger partial charge in [-0.1, -0.05) is 11.2 Å². The molecule has 2 aromatic heterocycles. The molecule has 0 spiro atoms. The monoisotopic (exact) mass is 518 g/mol. The first-order valence-electron chi connectivity index (χ1n) is 11.1. The van der Waals surface area contributed by atoms with Gasteiger partial charge in [-0.3, -0.25) is 19.3 Å². The average molecular weight is 519 g/mol. The van der Waals surface area contributed by atoms with Crippen LogP contribution in [0.25, 0.3) is 0 Å². The number of rotatable bonds is 4. The third-order valence-corrected chi connectivity index (χ3v) is 7.50. The Labute approximate surface area is 207 Å². The van der Waals surface area contributed by atoms with Crippen LogP contribution >= 0.6 is 11.3 Å². The van der Waals surface area contributed by atoms with E-state index in [4.69, 9.17) is 4.52 Å². The zero-order chi connectivity index (χ0) is 25.8. The van der Waals surface area contributed by atoms with Crippen molar-refractivity contribution in [3.63, 3.8) is 0 Å². The minimum absolute atomic E-state index is 0.0114. The molecule has 1 fully saturated rings. The molecule has 5 rings (SSSR count). The first-order chi connectivity index (χ1) is 17.0. The predicted octanol–water partition coefficient (Wildman–Crippen LogP) is 3.84. The number of nitrogens with zero attached hydrogens (tertiary/aromatic N) is 3. The molecule has 1 amide bonds. The van der Waals surface area contributed by atoms with Crippen LogP contribution < -0.4 is 5.32 Å². The van der Waals surface area contributed by atoms with Crippen molar-refractivity contribution in [2.24, 2.45) is 0 Å². The molecule has 1 aliphatic carbocycles. The molecule has 0 bridgehead atoms. The second-order valence-corrected chi connectivity index (χ2v) is 9.94. The third kappa shape index (κ3) is 4.36. The number of carbonyl (C=O) groups excluding carboxylic acids is 3. The Morgan fingerprint density at radius 1 is 1.14 bits per heavy atom. The van der Waals surface area contributed by atoms with Gasteiger partial charge in [-0.05, 0) is 37.7 Å². The second kappa shape index (κ2) is 8.95. The molecule has 0 unspecified atom stereocenters. The Morgan fingerprint density at radius 3 is 2.56 bits per heavy atom. The van der Waals surface area contributed by atoms with Crippen LogP contribution in [0, 0.1) is 6.92 Å². The maximum atomic E-state index is 13.9. The fourth-order valence-corrected chi connectivity index (χ4v) is 5.36. The highest BCUT2D eigenvalue weighted by Crippen LogP contribution is 2.36. The number of amides is 1. The molecular weight excluding hydrogens is 497 g/mol. The van der Waals surface area contributed by atoms with E-state index in [1.165, 1.54) is 25.1 Å². The molecule has 1 saturated heterocycles. The van der Waals surface area contributed by atoms with Crippen LogP contribution in [0.1, 0.15) is 57.8 Å². The van der Waals surface area contributed by atoms with Crippen LogP contribution in [0.4, 0.5) is 18.9 Å². The van der Waals surface area contributed by atoms with Gasteiger partial charge >= 0.3 is 6.18 Å². The molecule has 188 valence electrons. The number of nitrogens with one attached hydrogen (secondary N) is 1. The zero-order valence-electron chi connectivity index (χ0n) is 19.4. The highest BCUT2D eigenvalue weighted by atomic mass is 32.1. The average Bonchev–Trinajstić information content (AvgIpc) is 3.44. The first kappa shape index (κ1) is 24.3. The first-order valence-corrected chi connectivity index (χ1v) is 12.0. The van der Waals surface area contributed by atoms with Gasteiger partial charge in [-0.15, -0.1) is 11.3 Å². The van der Waals surface area contributed by atoms with Crippen molar-refractivity contribution in [3.8, 4) is 0 Å². The number of halogens is 3. The van der Waals surface area contributed by atoms with Crippen LogP contribution in [0.3, 0.4) is 0 Å². The number of anilines is 1. The molecule has 0 atom stereocenters. The summed E-state index contributed by atoms with van der Waals surface area (Å²) >= 11 is 0.802. The van der Waals surface area contributed by atoms with E-state index in [-0.39, 0.29) is 50.1 Å². The molecule has 2 aliphatic rings. The third-order valence-electron chi connectivity index (χ3n) is 6.37. The van der Waals surface area contributed by atoms with Crippen LogP contribution in [0.15, 0.2) is 28.8 Å². The Kier molecular flexibility index (Phi) is 6.05. The Morgan fingerprint density at radius 2 is 1.86 bits per heavy atom. The largest absolute Gasteiger partial charge is 0.416 e. The maximum Gasteiger partial charge on any atom is 0.416 e. The summed E-state index contributed by atoms with van der Waals surface area (Å²) in [7, 11) is 1.97. The smallest absolute Gasteiger partial charge is 0.352 e. The summed E-state index contributed by atoms with van der Waals surface area (Å²) in [4.78, 5) is 42.5. The highest BCUT2D eigenvalue weighted by Gasteiger charge is 2.38. The van der Waals surface area contributed by atoms with Crippen molar-refractivity contribution in [2.75, 3.05) is 38.5 Å². The number of carbonyl (C=O) groups is 3. The molecule has 3 aromatic rings. The van der Waals surface area contributed by atoms with Gasteiger partial charge in [0, 0.05) is 44.0 Å². The number of thiophene rings is 1. The molecular formula is C24H21F3N4O4S. The van der Waals surface area contributed by atoms with Gasteiger partial charge < -0.3 is 14.7 Å². The van der Waals surface area contributed by atoms with Crippen molar-refractivity contribution in [1.82, 2.24) is 15.0 Å². The molecule has 12 heteroatoms. The van der Waals surface area contributed by atoms with Crippen molar-refractivity contribution < 1.29 is 32.1 Å². The van der Waals surface area contributed by atoms with E-state index in [0.29, 0.717) is 13.1 Å². The van der Waals surface area contributed by atoms with E-state index >= 15 is 0 Å². The van der Waals surface area contributed by atoms with E-state index < -0.39 is 29.2 Å². The minimum atomic E-state index is -4.60. The topological polar surface area (TPSA) is 95.8 Å². The van der Waals surface area contributed by atoms with Crippen LogP contribution in [0.2, 0.25) is 0 Å². The molecule has 3 heterocycles. The second-order valence-electron chi connectivity index (χ2n) is 8.89. The van der Waals surface area contributed by atoms with Gasteiger partial charge in [0.2, 0.25) is 17.3 Å². The van der Waals surface area contributed by atoms with E-state index in [9.17, 15) is 27.6 Å². The van der Waals surface area contributed by atoms with Crippen molar-refractivity contribution in [1.29, 1.82) is 0 Å². The number of aryl methyl sites for hydroxylation is 1. The summed E-state index contributed by atoms with van der Waals surface area (Å²) in [5.74, 6) is -1.94. The van der Waals surface area contributed by atoms with Gasteiger partial charge in [-0.25, -0.2) is 0 Å². The molecule has 1 aromatic carbocycles. The fraction of sp³-hybridized carbons (Fsp3) is 0.333. The molecule has 0 saturated carbocycles. The maximum absolute atomic E-state index is 13.9. The normalized spacial score (nSPS) is 16.7. The van der Waals surface area contributed by atoms with Crippen LogP contribution in [0.5, 0.6) is 0 Å². The number of hydrogen-bond donors (Lipinski definition) is 1. The van der Waals surface area contributed by atoms with Crippen molar-refractivity contribution in [3.05, 3.63) is 67.7 Å². The Bertz CT molecular complexity index is 1390. The number of aromatic nitrogens is 1. The standard InChI is InChI=1S/C24H21F3N4O4S/c1-12-18-20(33)22-15(19(32)21(18)35-29-12)10-17(36-22)23(34)28-14-4-3-13(16(9-14)24(25,26)27)11-31-7-5-30(2)6-8-31/h3-4,9-10H,5-8,11H2,1-2H3,(H,28,34). The van der Waals surface area contributed by atoms with E-state index in [1.807, 2.05) is 11.9 Å². The van der Waals surface area contributed by atoms with E-state index in [1.54, 1.807) is 0 Å². The number of alkyl halides is 3. The quantitative estimate of drug-likeness (QED) is 0.439. The van der Waals surface area contributed by atoms with Crippen LogP contribution in [-0.4, -0.2) is 65.7 Å². The fourth-order valence-electron chi connectivity index (χ4n) is 4.36. The summed E-state index contributed by atoms with van der Waals surface area (Å²) in [6.45, 7) is 4.58. The minimum Gasteiger partial charge on any atom is -0.352 e.